The number of hydrogen-bond donors (Lipinski definition) is 2. The Morgan fingerprint density at radius 3 is 2.80 bits per heavy atom. The van der Waals surface area contributed by atoms with E-state index in [-0.39, 0.29) is 12.3 Å². The molecule has 6 nitrogen and oxygen atoms in total. The molecule has 0 aliphatic carbocycles. The summed E-state index contributed by atoms with van der Waals surface area (Å²) in [5.41, 5.74) is 1.61. The number of nitrogens with two attached hydrogens (primary N) is 1. The van der Waals surface area contributed by atoms with E-state index in [4.69, 9.17) is 10.3 Å². The molecule has 2 aromatic rings. The molecular formula is C11H11F3N4O2. The Hall–Kier alpha value is -2.29. The fraction of sp³-hybridized carbons (Fsp3) is 0.273. The first-order chi connectivity index (χ1) is 9.31. The Kier molecular flexibility index (Phi) is 3.53. The molecule has 0 aliphatic heterocycles. The molecule has 0 bridgehead atoms. The highest BCUT2D eigenvalue weighted by Crippen LogP contribution is 2.28. The van der Waals surface area contributed by atoms with Gasteiger partial charge in [-0.25, -0.2) is 5.84 Å². The summed E-state index contributed by atoms with van der Waals surface area (Å²) in [4.78, 5) is 11.3. The number of hydrogen-bond acceptors (Lipinski definition) is 4. The van der Waals surface area contributed by atoms with Crippen LogP contribution in [0.1, 0.15) is 27.4 Å². The monoisotopic (exact) mass is 288 g/mol. The van der Waals surface area contributed by atoms with Gasteiger partial charge in [0.15, 0.2) is 5.76 Å². The summed E-state index contributed by atoms with van der Waals surface area (Å²) in [6.07, 6.45) is -2.86. The summed E-state index contributed by atoms with van der Waals surface area (Å²) in [5.74, 6) is 4.70. The van der Waals surface area contributed by atoms with E-state index in [0.29, 0.717) is 11.3 Å². The molecule has 3 N–H and O–H groups in total. The molecule has 2 heterocycles. The molecule has 0 spiro atoms. The number of alkyl halides is 3. The third-order valence-electron chi connectivity index (χ3n) is 2.58. The van der Waals surface area contributed by atoms with Gasteiger partial charge in [-0.15, -0.1) is 0 Å². The van der Waals surface area contributed by atoms with Crippen molar-refractivity contribution in [2.45, 2.75) is 19.6 Å². The molecule has 0 unspecified atom stereocenters. The maximum Gasteiger partial charge on any atom is 0.419 e. The zero-order chi connectivity index (χ0) is 14.9. The Labute approximate surface area is 111 Å². The van der Waals surface area contributed by atoms with Crippen LogP contribution in [-0.2, 0) is 12.7 Å². The van der Waals surface area contributed by atoms with Gasteiger partial charge in [-0.1, -0.05) is 0 Å². The molecule has 1 amide bonds. The average Bonchev–Trinajstić information content (AvgIpc) is 2.95. The fourth-order valence-electron chi connectivity index (χ4n) is 1.67. The Morgan fingerprint density at radius 1 is 1.55 bits per heavy atom. The van der Waals surface area contributed by atoms with E-state index in [9.17, 15) is 18.0 Å². The van der Waals surface area contributed by atoms with Gasteiger partial charge in [-0.05, 0) is 13.0 Å². The van der Waals surface area contributed by atoms with Crippen molar-refractivity contribution in [2.75, 3.05) is 0 Å². The minimum atomic E-state index is -4.44. The van der Waals surface area contributed by atoms with Crippen LogP contribution in [0.2, 0.25) is 0 Å². The van der Waals surface area contributed by atoms with E-state index >= 15 is 0 Å². The molecule has 0 saturated heterocycles. The number of hydrazine groups is 1. The molecular weight excluding hydrogens is 277 g/mol. The maximum atomic E-state index is 12.4. The van der Waals surface area contributed by atoms with Crippen molar-refractivity contribution < 1.29 is 22.4 Å². The predicted octanol–water partition coefficient (Wildman–Crippen LogP) is 1.46. The fourth-order valence-corrected chi connectivity index (χ4v) is 1.67. The van der Waals surface area contributed by atoms with E-state index < -0.39 is 17.6 Å². The zero-order valence-electron chi connectivity index (χ0n) is 10.4. The van der Waals surface area contributed by atoms with Gasteiger partial charge in [0, 0.05) is 11.8 Å². The smallest absolute Gasteiger partial charge is 0.419 e. The van der Waals surface area contributed by atoms with Gasteiger partial charge in [0.05, 0.1) is 18.3 Å². The van der Waals surface area contributed by atoms with Crippen LogP contribution in [0.5, 0.6) is 0 Å². The van der Waals surface area contributed by atoms with Crippen LogP contribution in [0.25, 0.3) is 0 Å². The number of nitrogen functional groups attached to an aromatic ring is 1. The first-order valence-electron chi connectivity index (χ1n) is 5.51. The summed E-state index contributed by atoms with van der Waals surface area (Å²) in [6.45, 7) is 1.61. The van der Waals surface area contributed by atoms with Crippen molar-refractivity contribution in [2.24, 2.45) is 5.84 Å². The number of nitrogens with one attached hydrogen (secondary N) is 1. The summed E-state index contributed by atoms with van der Waals surface area (Å²) < 4.78 is 43.6. The van der Waals surface area contributed by atoms with Crippen LogP contribution in [0.4, 0.5) is 13.2 Å². The number of rotatable bonds is 3. The molecule has 108 valence electrons. The summed E-state index contributed by atoms with van der Waals surface area (Å²) >= 11 is 0. The summed E-state index contributed by atoms with van der Waals surface area (Å²) in [7, 11) is 0. The van der Waals surface area contributed by atoms with Crippen molar-refractivity contribution in [1.82, 2.24) is 15.2 Å². The minimum Gasteiger partial charge on any atom is -0.454 e. The van der Waals surface area contributed by atoms with Crippen molar-refractivity contribution in [3.63, 3.8) is 0 Å². The second-order valence-electron chi connectivity index (χ2n) is 4.12. The lowest BCUT2D eigenvalue weighted by Gasteiger charge is -2.01. The Bertz CT molecular complexity index is 630. The van der Waals surface area contributed by atoms with Crippen molar-refractivity contribution in [3.05, 3.63) is 41.1 Å². The normalized spacial score (nSPS) is 11.7. The molecule has 0 saturated carbocycles. The maximum absolute atomic E-state index is 12.4. The van der Waals surface area contributed by atoms with Crippen molar-refractivity contribution in [1.29, 1.82) is 0 Å². The largest absolute Gasteiger partial charge is 0.454 e. The number of aryl methyl sites for hydroxylation is 1. The van der Waals surface area contributed by atoms with Crippen LogP contribution in [-0.4, -0.2) is 15.7 Å². The van der Waals surface area contributed by atoms with E-state index in [1.807, 2.05) is 5.43 Å². The lowest BCUT2D eigenvalue weighted by molar-refractivity contribution is -0.137. The molecule has 0 fully saturated rings. The second kappa shape index (κ2) is 5.00. The zero-order valence-corrected chi connectivity index (χ0v) is 10.4. The van der Waals surface area contributed by atoms with Crippen LogP contribution < -0.4 is 11.3 Å². The lowest BCUT2D eigenvalue weighted by Crippen LogP contribution is -2.30. The van der Waals surface area contributed by atoms with Crippen LogP contribution in [0.15, 0.2) is 22.9 Å². The van der Waals surface area contributed by atoms with E-state index in [0.717, 1.165) is 17.1 Å². The predicted molar refractivity (Wildman–Crippen MR) is 61.4 cm³/mol. The molecule has 20 heavy (non-hydrogen) atoms. The first-order valence-corrected chi connectivity index (χ1v) is 5.51. The van der Waals surface area contributed by atoms with Gasteiger partial charge in [0.25, 0.3) is 0 Å². The van der Waals surface area contributed by atoms with Crippen LogP contribution in [0, 0.1) is 6.92 Å². The summed E-state index contributed by atoms with van der Waals surface area (Å²) in [5, 5.41) is 3.59. The van der Waals surface area contributed by atoms with Gasteiger partial charge in [0.2, 0.25) is 0 Å². The number of amides is 1. The number of furan rings is 1. The van der Waals surface area contributed by atoms with Crippen LogP contribution in [0.3, 0.4) is 0 Å². The number of carbonyl (C=O) groups excluding carboxylic acids is 1. The standard InChI is InChI=1S/C11H11F3N4O2/c1-6-2-8(20-9(6)10(19)17-15)5-18-4-7(3-16-18)11(12,13)14/h2-4H,5,15H2,1H3,(H,17,19). The van der Waals surface area contributed by atoms with Gasteiger partial charge in [-0.2, -0.15) is 18.3 Å². The van der Waals surface area contributed by atoms with E-state index in [2.05, 4.69) is 5.10 Å². The van der Waals surface area contributed by atoms with Crippen molar-refractivity contribution in [3.8, 4) is 0 Å². The number of nitrogens with zero attached hydrogens (tertiary/aromatic N) is 2. The lowest BCUT2D eigenvalue weighted by atomic mass is 10.2. The molecule has 0 radical (unpaired) electrons. The highest BCUT2D eigenvalue weighted by atomic mass is 19.4. The quantitative estimate of drug-likeness (QED) is 0.508. The second-order valence-corrected chi connectivity index (χ2v) is 4.12. The van der Waals surface area contributed by atoms with Gasteiger partial charge >= 0.3 is 12.1 Å². The van der Waals surface area contributed by atoms with Gasteiger partial charge in [-0.3, -0.25) is 14.9 Å². The first kappa shape index (κ1) is 14.1. The number of halogens is 3. The SMILES string of the molecule is Cc1cc(Cn2cc(C(F)(F)F)cn2)oc1C(=O)NN. The van der Waals surface area contributed by atoms with Gasteiger partial charge < -0.3 is 4.42 Å². The highest BCUT2D eigenvalue weighted by Gasteiger charge is 2.32. The molecule has 0 aromatic carbocycles. The van der Waals surface area contributed by atoms with Crippen molar-refractivity contribution >= 4 is 5.91 Å². The van der Waals surface area contributed by atoms with Gasteiger partial charge in [0.1, 0.15) is 5.76 Å². The molecule has 0 aliphatic rings. The third-order valence-corrected chi connectivity index (χ3v) is 2.58. The minimum absolute atomic E-state index is 0.0191. The topological polar surface area (TPSA) is 86.1 Å². The Balaban J connectivity index is 2.18. The molecule has 0 atom stereocenters. The molecule has 9 heteroatoms. The molecule has 2 rings (SSSR count). The Morgan fingerprint density at radius 2 is 2.25 bits per heavy atom. The van der Waals surface area contributed by atoms with E-state index in [1.54, 1.807) is 13.0 Å². The van der Waals surface area contributed by atoms with Crippen LogP contribution >= 0.6 is 0 Å². The molecule has 2 aromatic heterocycles. The number of carbonyl (C=O) groups is 1. The highest BCUT2D eigenvalue weighted by molar-refractivity contribution is 5.92. The third kappa shape index (κ3) is 2.82. The average molecular weight is 288 g/mol. The summed E-state index contributed by atoms with van der Waals surface area (Å²) in [6, 6.07) is 1.54. The van der Waals surface area contributed by atoms with E-state index in [1.165, 1.54) is 0 Å². The number of aromatic nitrogens is 2.